The third kappa shape index (κ3) is 6.00. The number of amides is 3. The van der Waals surface area contributed by atoms with E-state index in [1.54, 1.807) is 55.6 Å². The van der Waals surface area contributed by atoms with Crippen molar-refractivity contribution in [3.05, 3.63) is 64.7 Å². The number of aromatic nitrogens is 2. The van der Waals surface area contributed by atoms with E-state index in [9.17, 15) is 14.4 Å². The van der Waals surface area contributed by atoms with Gasteiger partial charge < -0.3 is 9.47 Å². The number of rotatable bonds is 7. The first-order chi connectivity index (χ1) is 15.0. The lowest BCUT2D eigenvalue weighted by Crippen LogP contribution is -2.42. The molecular weight excluding hydrogens is 422 g/mol. The third-order valence-corrected chi connectivity index (χ3v) is 4.86. The second kappa shape index (κ2) is 10.2. The first-order valence-electron chi connectivity index (χ1n) is 8.99. The number of carbonyl (C=O) groups excluding carboxylic acids is 3. The highest BCUT2D eigenvalue weighted by molar-refractivity contribution is 7.15. The van der Waals surface area contributed by atoms with Gasteiger partial charge in [0.15, 0.2) is 0 Å². The number of carbonyl (C=O) groups is 3. The predicted octanol–water partition coefficient (Wildman–Crippen LogP) is 1.81. The van der Waals surface area contributed by atoms with Crippen molar-refractivity contribution in [2.45, 2.75) is 6.42 Å². The number of hydrazine groups is 1. The molecule has 31 heavy (non-hydrogen) atoms. The number of nitrogens with one attached hydrogen (secondary N) is 3. The van der Waals surface area contributed by atoms with Gasteiger partial charge in [0.05, 0.1) is 20.6 Å². The highest BCUT2D eigenvalue weighted by atomic mass is 32.1. The van der Waals surface area contributed by atoms with Gasteiger partial charge in [-0.2, -0.15) is 0 Å². The number of hydrogen-bond acceptors (Lipinski definition) is 8. The SMILES string of the molecule is COc1ccc(C(=O)NNC(=O)Cc2nnc(NC(=O)c3ccc(OC)cc3)s2)cc1. The van der Waals surface area contributed by atoms with E-state index in [1.165, 1.54) is 7.11 Å². The maximum Gasteiger partial charge on any atom is 0.269 e. The van der Waals surface area contributed by atoms with Crippen LogP contribution in [0.25, 0.3) is 0 Å². The molecule has 0 aliphatic rings. The Bertz CT molecular complexity index is 1070. The van der Waals surface area contributed by atoms with Crippen LogP contribution in [0.1, 0.15) is 25.7 Å². The van der Waals surface area contributed by atoms with E-state index in [1.807, 2.05) is 0 Å². The summed E-state index contributed by atoms with van der Waals surface area (Å²) in [6.07, 6.45) is -0.112. The number of nitrogens with zero attached hydrogens (tertiary/aromatic N) is 2. The van der Waals surface area contributed by atoms with E-state index in [0.29, 0.717) is 27.6 Å². The minimum Gasteiger partial charge on any atom is -0.497 e. The monoisotopic (exact) mass is 441 g/mol. The molecule has 10 nitrogen and oxygen atoms in total. The molecule has 0 saturated carbocycles. The predicted molar refractivity (Wildman–Crippen MR) is 113 cm³/mol. The Morgan fingerprint density at radius 1 is 0.806 bits per heavy atom. The zero-order valence-electron chi connectivity index (χ0n) is 16.7. The summed E-state index contributed by atoms with van der Waals surface area (Å²) >= 11 is 1.06. The minimum absolute atomic E-state index is 0.112. The molecule has 0 aliphatic heterocycles. The zero-order chi connectivity index (χ0) is 22.2. The van der Waals surface area contributed by atoms with Gasteiger partial charge in [-0.3, -0.25) is 30.6 Å². The molecule has 3 aromatic rings. The van der Waals surface area contributed by atoms with Crippen molar-refractivity contribution in [1.82, 2.24) is 21.0 Å². The molecule has 0 fully saturated rings. The summed E-state index contributed by atoms with van der Waals surface area (Å²) in [6, 6.07) is 13.0. The van der Waals surface area contributed by atoms with Gasteiger partial charge in [-0.05, 0) is 48.5 Å². The first kappa shape index (κ1) is 21.7. The molecular formula is C20H19N5O5S. The van der Waals surface area contributed by atoms with E-state index >= 15 is 0 Å². The van der Waals surface area contributed by atoms with Gasteiger partial charge in [0.2, 0.25) is 11.0 Å². The van der Waals surface area contributed by atoms with E-state index in [4.69, 9.17) is 9.47 Å². The van der Waals surface area contributed by atoms with Gasteiger partial charge in [0.1, 0.15) is 16.5 Å². The Morgan fingerprint density at radius 3 is 1.90 bits per heavy atom. The van der Waals surface area contributed by atoms with Crippen molar-refractivity contribution < 1.29 is 23.9 Å². The minimum atomic E-state index is -0.481. The molecule has 3 N–H and O–H groups in total. The second-order valence-corrected chi connectivity index (χ2v) is 7.15. The maximum atomic E-state index is 12.3. The van der Waals surface area contributed by atoms with Crippen LogP contribution in [-0.2, 0) is 11.2 Å². The summed E-state index contributed by atoms with van der Waals surface area (Å²) in [7, 11) is 3.07. The molecule has 11 heteroatoms. The molecule has 3 rings (SSSR count). The van der Waals surface area contributed by atoms with Crippen LogP contribution >= 0.6 is 11.3 Å². The van der Waals surface area contributed by atoms with Crippen molar-refractivity contribution in [2.24, 2.45) is 0 Å². The second-order valence-electron chi connectivity index (χ2n) is 6.09. The van der Waals surface area contributed by atoms with Gasteiger partial charge in [-0.15, -0.1) is 10.2 Å². The Kier molecular flexibility index (Phi) is 7.12. The molecule has 1 heterocycles. The smallest absolute Gasteiger partial charge is 0.269 e. The lowest BCUT2D eigenvalue weighted by atomic mass is 10.2. The average Bonchev–Trinajstić information content (AvgIpc) is 3.24. The molecule has 0 aliphatic carbocycles. The molecule has 0 radical (unpaired) electrons. The van der Waals surface area contributed by atoms with Crippen LogP contribution in [0.15, 0.2) is 48.5 Å². The van der Waals surface area contributed by atoms with E-state index < -0.39 is 11.8 Å². The lowest BCUT2D eigenvalue weighted by Gasteiger charge is -2.07. The summed E-state index contributed by atoms with van der Waals surface area (Å²) in [5, 5.41) is 11.0. The number of ether oxygens (including phenoxy) is 2. The molecule has 0 spiro atoms. The summed E-state index contributed by atoms with van der Waals surface area (Å²) in [5.74, 6) is -0.0556. The number of anilines is 1. The average molecular weight is 441 g/mol. The van der Waals surface area contributed by atoms with Gasteiger partial charge in [-0.25, -0.2) is 0 Å². The Morgan fingerprint density at radius 2 is 1.35 bits per heavy atom. The van der Waals surface area contributed by atoms with Crippen LogP contribution in [0.2, 0.25) is 0 Å². The number of hydrogen-bond donors (Lipinski definition) is 3. The van der Waals surface area contributed by atoms with Crippen molar-refractivity contribution in [1.29, 1.82) is 0 Å². The van der Waals surface area contributed by atoms with Crippen LogP contribution in [0.4, 0.5) is 5.13 Å². The fourth-order valence-electron chi connectivity index (χ4n) is 2.41. The summed E-state index contributed by atoms with van der Waals surface area (Å²) in [6.45, 7) is 0. The Hall–Kier alpha value is -3.99. The molecule has 0 unspecified atom stereocenters. The van der Waals surface area contributed by atoms with Crippen molar-refractivity contribution in [3.8, 4) is 11.5 Å². The summed E-state index contributed by atoms with van der Waals surface area (Å²) in [5.41, 5.74) is 5.43. The van der Waals surface area contributed by atoms with Crippen molar-refractivity contribution in [3.63, 3.8) is 0 Å². The van der Waals surface area contributed by atoms with Gasteiger partial charge >= 0.3 is 0 Å². The first-order valence-corrected chi connectivity index (χ1v) is 9.81. The summed E-state index contributed by atoms with van der Waals surface area (Å²) < 4.78 is 10.1. The van der Waals surface area contributed by atoms with Crippen LogP contribution < -0.4 is 25.6 Å². The highest BCUT2D eigenvalue weighted by Crippen LogP contribution is 2.18. The van der Waals surface area contributed by atoms with Gasteiger partial charge in [-0.1, -0.05) is 11.3 Å². The van der Waals surface area contributed by atoms with Crippen LogP contribution in [-0.4, -0.2) is 42.1 Å². The fraction of sp³-hybridized carbons (Fsp3) is 0.150. The zero-order valence-corrected chi connectivity index (χ0v) is 17.5. The molecule has 0 bridgehead atoms. The lowest BCUT2D eigenvalue weighted by molar-refractivity contribution is -0.121. The van der Waals surface area contributed by atoms with Gasteiger partial charge in [0.25, 0.3) is 11.8 Å². The van der Waals surface area contributed by atoms with E-state index in [2.05, 4.69) is 26.4 Å². The normalized spacial score (nSPS) is 10.1. The topological polar surface area (TPSA) is 132 Å². The molecule has 0 saturated heterocycles. The standard InChI is InChI=1S/C20H19N5O5S/c1-29-14-7-3-12(4-8-14)18(27)21-20-25-23-17(31-20)11-16(26)22-24-19(28)13-5-9-15(30-2)10-6-13/h3-10H,11H2,1-2H3,(H,22,26)(H,24,28)(H,21,25,27). The molecule has 0 atom stereocenters. The third-order valence-electron chi connectivity index (χ3n) is 4.02. The molecule has 160 valence electrons. The fourth-order valence-corrected chi connectivity index (χ4v) is 3.14. The quantitative estimate of drug-likeness (QED) is 0.477. The Labute approximate surface area is 181 Å². The Balaban J connectivity index is 1.48. The van der Waals surface area contributed by atoms with Crippen molar-refractivity contribution in [2.75, 3.05) is 19.5 Å². The van der Waals surface area contributed by atoms with Gasteiger partial charge in [0, 0.05) is 11.1 Å². The highest BCUT2D eigenvalue weighted by Gasteiger charge is 2.14. The van der Waals surface area contributed by atoms with E-state index in [0.717, 1.165) is 11.3 Å². The van der Waals surface area contributed by atoms with Crippen LogP contribution in [0.5, 0.6) is 11.5 Å². The number of methoxy groups -OCH3 is 2. The number of benzene rings is 2. The summed E-state index contributed by atoms with van der Waals surface area (Å²) in [4.78, 5) is 36.4. The molecule has 3 amide bonds. The molecule has 1 aromatic heterocycles. The molecule has 2 aromatic carbocycles. The van der Waals surface area contributed by atoms with E-state index in [-0.39, 0.29) is 17.5 Å². The van der Waals surface area contributed by atoms with Crippen LogP contribution in [0, 0.1) is 0 Å². The largest absolute Gasteiger partial charge is 0.497 e. The maximum absolute atomic E-state index is 12.3. The van der Waals surface area contributed by atoms with Crippen LogP contribution in [0.3, 0.4) is 0 Å². The van der Waals surface area contributed by atoms with Crippen molar-refractivity contribution >= 4 is 34.2 Å².